The minimum atomic E-state index is -0.941. The Balaban J connectivity index is 2.23. The van der Waals surface area contributed by atoms with Gasteiger partial charge in [0.1, 0.15) is 5.75 Å². The van der Waals surface area contributed by atoms with Gasteiger partial charge in [0.05, 0.1) is 6.61 Å². The first-order valence-corrected chi connectivity index (χ1v) is 12.1. The van der Waals surface area contributed by atoms with E-state index in [2.05, 4.69) is 75.5 Å². The van der Waals surface area contributed by atoms with E-state index in [1.807, 2.05) is 18.2 Å². The normalized spacial score (nSPS) is 12.3. The van der Waals surface area contributed by atoms with Gasteiger partial charge in [0.25, 0.3) is 0 Å². The highest BCUT2D eigenvalue weighted by Gasteiger charge is 2.25. The fraction of sp³-hybridized carbons (Fsp3) is 0.276. The number of carbonyl (C=O) groups is 1. The van der Waals surface area contributed by atoms with Gasteiger partial charge < -0.3 is 9.84 Å². The number of aliphatic carboxylic acids is 1. The van der Waals surface area contributed by atoms with E-state index in [9.17, 15) is 4.79 Å². The van der Waals surface area contributed by atoms with Gasteiger partial charge in [0.2, 0.25) is 0 Å². The number of ether oxygens (including phenoxy) is 1. The molecule has 0 aliphatic rings. The second-order valence-corrected chi connectivity index (χ2v) is 10.1. The lowest BCUT2D eigenvalue weighted by atomic mass is 9.82. The van der Waals surface area contributed by atoms with Crippen molar-refractivity contribution >= 4 is 23.4 Å². The molecule has 0 aliphatic heterocycles. The van der Waals surface area contributed by atoms with Crippen molar-refractivity contribution in [2.45, 2.75) is 46.5 Å². The molecule has 0 radical (unpaired) electrons. The van der Waals surface area contributed by atoms with Crippen molar-refractivity contribution < 1.29 is 14.6 Å². The molecule has 1 N–H and O–H groups in total. The number of carboxylic acid groups (broad SMARTS) is 1. The van der Waals surface area contributed by atoms with Gasteiger partial charge in [-0.15, -0.1) is 11.3 Å². The van der Waals surface area contributed by atoms with Gasteiger partial charge in [-0.2, -0.15) is 0 Å². The van der Waals surface area contributed by atoms with Gasteiger partial charge in [0.15, 0.2) is 0 Å². The third kappa shape index (κ3) is 6.23. The summed E-state index contributed by atoms with van der Waals surface area (Å²) >= 11 is 1.64. The molecule has 0 unspecified atom stereocenters. The highest BCUT2D eigenvalue weighted by Crippen LogP contribution is 2.45. The van der Waals surface area contributed by atoms with E-state index >= 15 is 0 Å². The minimum Gasteiger partial charge on any atom is -0.493 e. The number of benzene rings is 2. The number of hydrogen-bond acceptors (Lipinski definition) is 3. The smallest absolute Gasteiger partial charge is 0.328 e. The highest BCUT2D eigenvalue weighted by atomic mass is 32.1. The van der Waals surface area contributed by atoms with Crippen molar-refractivity contribution in [1.29, 1.82) is 0 Å². The number of hydrogen-bond donors (Lipinski definition) is 1. The highest BCUT2D eigenvalue weighted by molar-refractivity contribution is 7.11. The summed E-state index contributed by atoms with van der Waals surface area (Å²) in [5.74, 6) is -0.0148. The quantitative estimate of drug-likeness (QED) is 0.272. The summed E-state index contributed by atoms with van der Waals surface area (Å²) in [7, 11) is 0. The average Bonchev–Trinajstić information content (AvgIpc) is 3.23. The zero-order valence-corrected chi connectivity index (χ0v) is 20.8. The third-order valence-electron chi connectivity index (χ3n) is 5.29. The number of carboxylic acids is 1. The molecular weight excluding hydrogens is 428 g/mol. The van der Waals surface area contributed by atoms with Crippen molar-refractivity contribution in [3.05, 3.63) is 82.1 Å². The Morgan fingerprint density at radius 1 is 1.06 bits per heavy atom. The SMILES string of the molecule is CCCOc1c(-c2ccsc2/C=C/C(C)=C/C(=O)O)cc(-c2ccccc2)cc1C(C)(C)C. The molecule has 1 heterocycles. The van der Waals surface area contributed by atoms with Crippen LogP contribution in [0.4, 0.5) is 0 Å². The summed E-state index contributed by atoms with van der Waals surface area (Å²) in [5.41, 5.74) is 6.24. The first-order chi connectivity index (χ1) is 15.7. The Bertz CT molecular complexity index is 1160. The van der Waals surface area contributed by atoms with E-state index in [1.165, 1.54) is 17.2 Å². The summed E-state index contributed by atoms with van der Waals surface area (Å²) in [4.78, 5) is 12.1. The molecule has 0 saturated carbocycles. The van der Waals surface area contributed by atoms with Gasteiger partial charge in [-0.05, 0) is 65.1 Å². The zero-order chi connectivity index (χ0) is 24.0. The van der Waals surface area contributed by atoms with Crippen LogP contribution in [-0.2, 0) is 10.2 Å². The molecule has 172 valence electrons. The van der Waals surface area contributed by atoms with Crippen LogP contribution < -0.4 is 4.74 Å². The molecule has 1 aromatic heterocycles. The molecular formula is C29H32O3S. The van der Waals surface area contributed by atoms with Gasteiger partial charge >= 0.3 is 5.97 Å². The molecule has 2 aromatic carbocycles. The molecule has 0 bridgehead atoms. The first kappa shape index (κ1) is 24.5. The Hall–Kier alpha value is -3.11. The molecule has 0 atom stereocenters. The van der Waals surface area contributed by atoms with Crippen LogP contribution in [0.1, 0.15) is 51.5 Å². The lowest BCUT2D eigenvalue weighted by Crippen LogP contribution is -2.15. The fourth-order valence-corrected chi connectivity index (χ4v) is 4.47. The van der Waals surface area contributed by atoms with Gasteiger partial charge in [-0.25, -0.2) is 4.79 Å². The Kier molecular flexibility index (Phi) is 7.93. The van der Waals surface area contributed by atoms with E-state index in [0.29, 0.717) is 12.2 Å². The maximum absolute atomic E-state index is 11.0. The molecule has 0 amide bonds. The van der Waals surface area contributed by atoms with Crippen LogP contribution in [-0.4, -0.2) is 17.7 Å². The molecule has 3 nitrogen and oxygen atoms in total. The van der Waals surface area contributed by atoms with E-state index in [0.717, 1.165) is 33.7 Å². The predicted molar refractivity (Wildman–Crippen MR) is 140 cm³/mol. The summed E-state index contributed by atoms with van der Waals surface area (Å²) < 4.78 is 6.38. The van der Waals surface area contributed by atoms with Crippen molar-refractivity contribution in [3.8, 4) is 28.0 Å². The van der Waals surface area contributed by atoms with Gasteiger partial charge in [-0.3, -0.25) is 0 Å². The lowest BCUT2D eigenvalue weighted by Gasteiger charge is -2.26. The van der Waals surface area contributed by atoms with Crippen LogP contribution in [0.2, 0.25) is 0 Å². The Morgan fingerprint density at radius 2 is 1.79 bits per heavy atom. The van der Waals surface area contributed by atoms with Gasteiger partial charge in [0, 0.05) is 27.6 Å². The first-order valence-electron chi connectivity index (χ1n) is 11.2. The molecule has 0 fully saturated rings. The maximum Gasteiger partial charge on any atom is 0.328 e. The lowest BCUT2D eigenvalue weighted by molar-refractivity contribution is -0.131. The Labute approximate surface area is 201 Å². The molecule has 3 aromatic rings. The van der Waals surface area contributed by atoms with E-state index in [4.69, 9.17) is 9.84 Å². The summed E-state index contributed by atoms with van der Waals surface area (Å²) in [6, 6.07) is 17.0. The van der Waals surface area contributed by atoms with E-state index in [1.54, 1.807) is 18.3 Å². The third-order valence-corrected chi connectivity index (χ3v) is 6.17. The van der Waals surface area contributed by atoms with Crippen molar-refractivity contribution in [2.24, 2.45) is 0 Å². The van der Waals surface area contributed by atoms with Crippen LogP contribution >= 0.6 is 11.3 Å². The van der Waals surface area contributed by atoms with Crippen LogP contribution in [0.15, 0.2) is 71.6 Å². The second-order valence-electron chi connectivity index (χ2n) is 9.12. The summed E-state index contributed by atoms with van der Waals surface area (Å²) in [6.45, 7) is 11.2. The molecule has 0 spiro atoms. The standard InChI is InChI=1S/C29H32O3S/c1-6-15-32-28-24(23-14-16-33-26(23)13-12-20(2)17-27(30)31)18-22(19-25(28)29(3,4)5)21-10-8-7-9-11-21/h7-14,16-19H,6,15H2,1-5H3,(H,30,31)/b13-12+,20-17+. The summed E-state index contributed by atoms with van der Waals surface area (Å²) in [6.07, 6.45) is 5.98. The number of rotatable bonds is 8. The van der Waals surface area contributed by atoms with Crippen molar-refractivity contribution in [1.82, 2.24) is 0 Å². The molecule has 4 heteroatoms. The van der Waals surface area contributed by atoms with Crippen molar-refractivity contribution in [2.75, 3.05) is 6.61 Å². The van der Waals surface area contributed by atoms with Crippen LogP contribution in [0.3, 0.4) is 0 Å². The average molecular weight is 461 g/mol. The molecule has 3 rings (SSSR count). The zero-order valence-electron chi connectivity index (χ0n) is 20.0. The predicted octanol–water partition coefficient (Wildman–Crippen LogP) is 8.21. The molecule has 0 saturated heterocycles. The number of allylic oxidation sites excluding steroid dienone is 2. The largest absolute Gasteiger partial charge is 0.493 e. The molecule has 33 heavy (non-hydrogen) atoms. The topological polar surface area (TPSA) is 46.5 Å². The van der Waals surface area contributed by atoms with Crippen LogP contribution in [0.5, 0.6) is 5.75 Å². The van der Waals surface area contributed by atoms with Gasteiger partial charge in [-0.1, -0.05) is 64.1 Å². The minimum absolute atomic E-state index is 0.102. The number of thiophene rings is 1. The fourth-order valence-electron chi connectivity index (χ4n) is 3.67. The summed E-state index contributed by atoms with van der Waals surface area (Å²) in [5, 5.41) is 11.1. The monoisotopic (exact) mass is 460 g/mol. The second kappa shape index (κ2) is 10.7. The van der Waals surface area contributed by atoms with Crippen molar-refractivity contribution in [3.63, 3.8) is 0 Å². The van der Waals surface area contributed by atoms with E-state index < -0.39 is 5.97 Å². The maximum atomic E-state index is 11.0. The van der Waals surface area contributed by atoms with E-state index in [-0.39, 0.29) is 5.41 Å². The van der Waals surface area contributed by atoms with Crippen LogP contribution in [0.25, 0.3) is 28.3 Å². The molecule has 0 aliphatic carbocycles. The van der Waals surface area contributed by atoms with Crippen LogP contribution in [0, 0.1) is 0 Å². The Morgan fingerprint density at radius 3 is 2.42 bits per heavy atom.